The van der Waals surface area contributed by atoms with E-state index in [0.717, 1.165) is 5.69 Å². The zero-order valence-electron chi connectivity index (χ0n) is 17.3. The first-order valence-corrected chi connectivity index (χ1v) is 9.81. The molecule has 1 unspecified atom stereocenters. The van der Waals surface area contributed by atoms with Crippen molar-refractivity contribution in [1.82, 2.24) is 0 Å². The van der Waals surface area contributed by atoms with Crippen LogP contribution in [0.3, 0.4) is 0 Å². The molecule has 0 fully saturated rings. The summed E-state index contributed by atoms with van der Waals surface area (Å²) in [7, 11) is 3.53. The summed E-state index contributed by atoms with van der Waals surface area (Å²) in [5.41, 5.74) is 1.75. The van der Waals surface area contributed by atoms with E-state index in [4.69, 9.17) is 9.47 Å². The molecule has 152 valence electrons. The molecule has 30 heavy (non-hydrogen) atoms. The lowest BCUT2D eigenvalue weighted by molar-refractivity contribution is -0.385. The number of hydrogen-bond acceptors (Lipinski definition) is 5. The number of non-ortho nitro benzene ring substituents is 1. The number of nitrogens with zero attached hydrogens (tertiary/aromatic N) is 2. The van der Waals surface area contributed by atoms with Crippen LogP contribution in [0.25, 0.3) is 16.8 Å². The molecule has 2 heterocycles. The summed E-state index contributed by atoms with van der Waals surface area (Å²) in [5.74, 6) is 0.871. The highest BCUT2D eigenvalue weighted by Gasteiger charge is 2.58. The van der Waals surface area contributed by atoms with Gasteiger partial charge < -0.3 is 14.4 Å². The van der Waals surface area contributed by atoms with Crippen LogP contribution in [0, 0.1) is 10.1 Å². The van der Waals surface area contributed by atoms with Gasteiger partial charge in [-0.25, -0.2) is 0 Å². The summed E-state index contributed by atoms with van der Waals surface area (Å²) in [6.45, 7) is 4.33. The second-order valence-electron chi connectivity index (χ2n) is 8.32. The van der Waals surface area contributed by atoms with E-state index >= 15 is 0 Å². The van der Waals surface area contributed by atoms with Gasteiger partial charge in [0.15, 0.2) is 11.5 Å². The van der Waals surface area contributed by atoms with Gasteiger partial charge in [0, 0.05) is 24.1 Å². The standard InChI is InChI=1S/C24H22N2O4/c1-23(2)19-10-9-15-7-5-6-8-18(15)21(19)25(3)24(23)12-11-16-13-17(26(27)28)14-20(29-4)22(16)30-24/h5-14H,1-4H3. The third kappa shape index (κ3) is 2.19. The molecule has 0 radical (unpaired) electrons. The van der Waals surface area contributed by atoms with E-state index in [-0.39, 0.29) is 11.1 Å². The van der Waals surface area contributed by atoms with E-state index in [1.54, 1.807) is 0 Å². The summed E-state index contributed by atoms with van der Waals surface area (Å²) >= 11 is 0. The third-order valence-corrected chi connectivity index (χ3v) is 6.55. The SMILES string of the molecule is COc1cc([N+](=O)[O-])cc2c1OC1(C=C2)N(C)c2c(ccc3ccccc23)C1(C)C. The van der Waals surface area contributed by atoms with Gasteiger partial charge in [-0.15, -0.1) is 0 Å². The molecule has 0 saturated heterocycles. The van der Waals surface area contributed by atoms with Crippen molar-refractivity contribution in [2.45, 2.75) is 25.0 Å². The molecule has 3 aromatic carbocycles. The number of rotatable bonds is 2. The van der Waals surface area contributed by atoms with Gasteiger partial charge >= 0.3 is 0 Å². The molecule has 2 aliphatic heterocycles. The van der Waals surface area contributed by atoms with Gasteiger partial charge in [-0.1, -0.05) is 36.4 Å². The van der Waals surface area contributed by atoms with Crippen LogP contribution >= 0.6 is 0 Å². The highest BCUT2D eigenvalue weighted by molar-refractivity contribution is 5.98. The monoisotopic (exact) mass is 402 g/mol. The first-order valence-electron chi connectivity index (χ1n) is 9.81. The minimum Gasteiger partial charge on any atom is -0.493 e. The maximum absolute atomic E-state index is 11.3. The zero-order chi connectivity index (χ0) is 21.3. The topological polar surface area (TPSA) is 64.8 Å². The number of likely N-dealkylation sites (N-methyl/N-ethyl adjacent to an activating group) is 1. The first-order chi connectivity index (χ1) is 14.3. The van der Waals surface area contributed by atoms with E-state index in [9.17, 15) is 10.1 Å². The van der Waals surface area contributed by atoms with Crippen LogP contribution in [0.4, 0.5) is 11.4 Å². The third-order valence-electron chi connectivity index (χ3n) is 6.55. The average molecular weight is 402 g/mol. The minimum atomic E-state index is -0.796. The van der Waals surface area contributed by atoms with Crippen LogP contribution in [0.1, 0.15) is 25.0 Å². The molecule has 0 saturated carbocycles. The fourth-order valence-corrected chi connectivity index (χ4v) is 4.91. The van der Waals surface area contributed by atoms with E-state index in [0.29, 0.717) is 17.1 Å². The predicted molar refractivity (Wildman–Crippen MR) is 117 cm³/mol. The number of benzene rings is 3. The number of anilines is 1. The van der Waals surface area contributed by atoms with Crippen LogP contribution in [0.15, 0.2) is 54.6 Å². The number of methoxy groups -OCH3 is 1. The van der Waals surface area contributed by atoms with Crippen LogP contribution in [-0.2, 0) is 5.41 Å². The van der Waals surface area contributed by atoms with Crippen LogP contribution in [0.2, 0.25) is 0 Å². The molecular weight excluding hydrogens is 380 g/mol. The lowest BCUT2D eigenvalue weighted by Crippen LogP contribution is -2.58. The Morgan fingerprint density at radius 3 is 2.63 bits per heavy atom. The summed E-state index contributed by atoms with van der Waals surface area (Å²) < 4.78 is 12.2. The highest BCUT2D eigenvalue weighted by atomic mass is 16.6. The second kappa shape index (κ2) is 5.98. The largest absolute Gasteiger partial charge is 0.493 e. The predicted octanol–water partition coefficient (Wildman–Crippen LogP) is 5.29. The summed E-state index contributed by atoms with van der Waals surface area (Å²) in [4.78, 5) is 13.1. The Balaban J connectivity index is 1.72. The molecule has 1 atom stereocenters. The van der Waals surface area contributed by atoms with Gasteiger partial charge in [-0.2, -0.15) is 0 Å². The van der Waals surface area contributed by atoms with Crippen LogP contribution in [-0.4, -0.2) is 24.8 Å². The van der Waals surface area contributed by atoms with Crippen molar-refractivity contribution < 1.29 is 14.4 Å². The van der Waals surface area contributed by atoms with E-state index in [2.05, 4.69) is 43.0 Å². The minimum absolute atomic E-state index is 0.0249. The number of fused-ring (bicyclic) bond motifs is 4. The van der Waals surface area contributed by atoms with Crippen molar-refractivity contribution in [2.75, 3.05) is 19.1 Å². The molecule has 0 N–H and O–H groups in total. The molecule has 0 amide bonds. The first kappa shape index (κ1) is 18.5. The van der Waals surface area contributed by atoms with Crippen molar-refractivity contribution in [3.8, 4) is 11.5 Å². The number of nitro benzene ring substituents is 1. The average Bonchev–Trinajstić information content (AvgIpc) is 2.91. The van der Waals surface area contributed by atoms with E-state index in [1.165, 1.54) is 35.6 Å². The van der Waals surface area contributed by atoms with Crippen LogP contribution < -0.4 is 14.4 Å². The Bertz CT molecular complexity index is 1250. The van der Waals surface area contributed by atoms with Gasteiger partial charge in [0.2, 0.25) is 5.72 Å². The molecule has 0 aromatic heterocycles. The van der Waals surface area contributed by atoms with Gasteiger partial charge in [0.05, 0.1) is 29.2 Å². The van der Waals surface area contributed by atoms with Crippen molar-refractivity contribution in [3.05, 3.63) is 75.8 Å². The van der Waals surface area contributed by atoms with Crippen molar-refractivity contribution in [1.29, 1.82) is 0 Å². The second-order valence-corrected chi connectivity index (χ2v) is 8.32. The molecule has 5 rings (SSSR count). The Morgan fingerprint density at radius 2 is 1.90 bits per heavy atom. The number of ether oxygens (including phenoxy) is 2. The van der Waals surface area contributed by atoms with Gasteiger partial charge in [-0.05, 0) is 36.9 Å². The van der Waals surface area contributed by atoms with E-state index in [1.807, 2.05) is 31.3 Å². The number of hydrogen-bond donors (Lipinski definition) is 0. The lowest BCUT2D eigenvalue weighted by Gasteiger charge is -2.46. The lowest BCUT2D eigenvalue weighted by atomic mass is 9.76. The zero-order valence-corrected chi connectivity index (χ0v) is 17.3. The number of nitro groups is 1. The summed E-state index contributed by atoms with van der Waals surface area (Å²) in [5, 5.41) is 13.6. The smallest absolute Gasteiger partial charge is 0.274 e. The van der Waals surface area contributed by atoms with Gasteiger partial charge in [0.25, 0.3) is 5.69 Å². The fraction of sp³-hybridized carbons (Fsp3) is 0.250. The van der Waals surface area contributed by atoms with Crippen molar-refractivity contribution in [2.24, 2.45) is 0 Å². The maximum atomic E-state index is 11.3. The quantitative estimate of drug-likeness (QED) is 0.431. The Kier molecular flexibility index (Phi) is 3.69. The van der Waals surface area contributed by atoms with E-state index < -0.39 is 10.6 Å². The van der Waals surface area contributed by atoms with Crippen molar-refractivity contribution >= 4 is 28.2 Å². The molecule has 1 spiro atoms. The normalized spacial score (nSPS) is 20.7. The Labute approximate surface area is 174 Å². The molecule has 2 aliphatic rings. The molecule has 3 aromatic rings. The Hall–Kier alpha value is -3.54. The van der Waals surface area contributed by atoms with Gasteiger partial charge in [-0.3, -0.25) is 10.1 Å². The molecular formula is C24H22N2O4. The maximum Gasteiger partial charge on any atom is 0.274 e. The molecule has 0 bridgehead atoms. The molecule has 6 heteroatoms. The van der Waals surface area contributed by atoms with Crippen molar-refractivity contribution in [3.63, 3.8) is 0 Å². The summed E-state index contributed by atoms with van der Waals surface area (Å²) in [6, 6.07) is 15.6. The fourth-order valence-electron chi connectivity index (χ4n) is 4.91. The highest BCUT2D eigenvalue weighted by Crippen LogP contribution is 2.57. The summed E-state index contributed by atoms with van der Waals surface area (Å²) in [6.07, 6.45) is 3.91. The van der Waals surface area contributed by atoms with Crippen LogP contribution in [0.5, 0.6) is 11.5 Å². The van der Waals surface area contributed by atoms with Gasteiger partial charge in [0.1, 0.15) is 0 Å². The Morgan fingerprint density at radius 1 is 1.13 bits per heavy atom. The molecule has 0 aliphatic carbocycles. The molecule has 6 nitrogen and oxygen atoms in total.